The molecule has 0 fully saturated rings. The lowest BCUT2D eigenvalue weighted by atomic mass is 9.87. The van der Waals surface area contributed by atoms with E-state index in [1.54, 1.807) is 0 Å². The van der Waals surface area contributed by atoms with Gasteiger partial charge in [-0.05, 0) is 53.3 Å². The lowest BCUT2D eigenvalue weighted by Gasteiger charge is -2.18. The summed E-state index contributed by atoms with van der Waals surface area (Å²) in [7, 11) is 0. The van der Waals surface area contributed by atoms with Gasteiger partial charge in [0.1, 0.15) is 5.75 Å². The molecule has 0 unspecified atom stereocenters. The van der Waals surface area contributed by atoms with Gasteiger partial charge in [0.25, 0.3) is 5.56 Å². The molecule has 0 amide bonds. The van der Waals surface area contributed by atoms with E-state index in [-0.39, 0.29) is 11.0 Å². The van der Waals surface area contributed by atoms with Crippen molar-refractivity contribution in [1.82, 2.24) is 14.6 Å². The standard InChI is InChI=1S/C24H25N3O2S/c1-5-14-29-19-12-8-17(9-13-19)21-25-23-27(26-21)22(28)20(30-23)15-16-6-10-18(11-7-16)24(2,3)4/h6-13,15H,5,14H2,1-4H3. The summed E-state index contributed by atoms with van der Waals surface area (Å²) in [6, 6.07) is 15.9. The molecule has 4 aromatic rings. The fraction of sp³-hybridized carbons (Fsp3) is 0.292. The monoisotopic (exact) mass is 419 g/mol. The van der Waals surface area contributed by atoms with Gasteiger partial charge in [-0.25, -0.2) is 0 Å². The first-order valence-electron chi connectivity index (χ1n) is 10.1. The number of fused-ring (bicyclic) bond motifs is 1. The van der Waals surface area contributed by atoms with Crippen LogP contribution in [0, 0.1) is 0 Å². The topological polar surface area (TPSA) is 56.5 Å². The van der Waals surface area contributed by atoms with Crippen LogP contribution in [-0.4, -0.2) is 21.2 Å². The molecule has 2 heterocycles. The molecule has 0 radical (unpaired) electrons. The summed E-state index contributed by atoms with van der Waals surface area (Å²) >= 11 is 1.35. The van der Waals surface area contributed by atoms with Crippen LogP contribution in [0.5, 0.6) is 5.75 Å². The molecule has 0 bridgehead atoms. The van der Waals surface area contributed by atoms with E-state index in [0.717, 1.165) is 23.3 Å². The zero-order chi connectivity index (χ0) is 21.3. The van der Waals surface area contributed by atoms with Crippen molar-refractivity contribution in [2.45, 2.75) is 39.5 Å². The van der Waals surface area contributed by atoms with E-state index in [9.17, 15) is 4.79 Å². The Kier molecular flexibility index (Phi) is 5.43. The normalized spacial score (nSPS) is 12.6. The van der Waals surface area contributed by atoms with Crippen molar-refractivity contribution < 1.29 is 4.74 Å². The summed E-state index contributed by atoms with van der Waals surface area (Å²) in [5.41, 5.74) is 3.08. The lowest BCUT2D eigenvalue weighted by Crippen LogP contribution is -2.23. The Morgan fingerprint density at radius 1 is 1.07 bits per heavy atom. The smallest absolute Gasteiger partial charge is 0.291 e. The van der Waals surface area contributed by atoms with Crippen molar-refractivity contribution in [2.24, 2.45) is 0 Å². The van der Waals surface area contributed by atoms with Gasteiger partial charge in [-0.3, -0.25) is 4.79 Å². The van der Waals surface area contributed by atoms with E-state index in [1.807, 2.05) is 42.5 Å². The lowest BCUT2D eigenvalue weighted by molar-refractivity contribution is 0.317. The maximum Gasteiger partial charge on any atom is 0.291 e. The third-order valence-corrected chi connectivity index (χ3v) is 5.80. The van der Waals surface area contributed by atoms with Crippen LogP contribution in [0.3, 0.4) is 0 Å². The number of hydrogen-bond acceptors (Lipinski definition) is 5. The Bertz CT molecular complexity index is 1260. The minimum absolute atomic E-state index is 0.104. The molecule has 4 rings (SSSR count). The molecule has 0 aliphatic rings. The first kappa shape index (κ1) is 20.3. The van der Waals surface area contributed by atoms with Crippen molar-refractivity contribution in [3.05, 3.63) is 74.5 Å². The average molecular weight is 420 g/mol. The summed E-state index contributed by atoms with van der Waals surface area (Å²) in [4.78, 5) is 17.9. The Hall–Kier alpha value is -2.99. The third-order valence-electron chi connectivity index (χ3n) is 4.84. The highest BCUT2D eigenvalue weighted by atomic mass is 32.1. The molecule has 2 aromatic heterocycles. The first-order chi connectivity index (χ1) is 14.3. The zero-order valence-corrected chi connectivity index (χ0v) is 18.5. The first-order valence-corrected chi connectivity index (χ1v) is 10.9. The number of ether oxygens (including phenoxy) is 1. The predicted octanol–water partition coefficient (Wildman–Crippen LogP) is 4.45. The molecule has 0 N–H and O–H groups in total. The van der Waals surface area contributed by atoms with E-state index in [1.165, 1.54) is 21.4 Å². The number of aromatic nitrogens is 3. The van der Waals surface area contributed by atoms with Crippen molar-refractivity contribution >= 4 is 22.4 Å². The number of hydrogen-bond donors (Lipinski definition) is 0. The van der Waals surface area contributed by atoms with Gasteiger partial charge in [0, 0.05) is 5.56 Å². The van der Waals surface area contributed by atoms with E-state index in [4.69, 9.17) is 4.74 Å². The highest BCUT2D eigenvalue weighted by Gasteiger charge is 2.14. The number of rotatable bonds is 5. The number of nitrogens with zero attached hydrogens (tertiary/aromatic N) is 3. The van der Waals surface area contributed by atoms with Crippen LogP contribution in [0.1, 0.15) is 45.2 Å². The van der Waals surface area contributed by atoms with Crippen LogP contribution in [-0.2, 0) is 5.41 Å². The fourth-order valence-corrected chi connectivity index (χ4v) is 4.01. The summed E-state index contributed by atoms with van der Waals surface area (Å²) in [5.74, 6) is 1.36. The molecule has 5 nitrogen and oxygen atoms in total. The molecule has 2 aromatic carbocycles. The van der Waals surface area contributed by atoms with Crippen molar-refractivity contribution in [1.29, 1.82) is 0 Å². The molecule has 6 heteroatoms. The molecule has 0 spiro atoms. The second kappa shape index (κ2) is 8.03. The van der Waals surface area contributed by atoms with Crippen LogP contribution in [0.15, 0.2) is 53.3 Å². The van der Waals surface area contributed by atoms with Crippen molar-refractivity contribution in [3.8, 4) is 17.1 Å². The van der Waals surface area contributed by atoms with Gasteiger partial charge in [-0.2, -0.15) is 9.50 Å². The third kappa shape index (κ3) is 4.14. The fourth-order valence-electron chi connectivity index (χ4n) is 3.11. The molecule has 154 valence electrons. The van der Waals surface area contributed by atoms with Gasteiger partial charge >= 0.3 is 0 Å². The minimum Gasteiger partial charge on any atom is -0.494 e. The van der Waals surface area contributed by atoms with Gasteiger partial charge in [-0.1, -0.05) is 63.3 Å². The van der Waals surface area contributed by atoms with Crippen molar-refractivity contribution in [2.75, 3.05) is 6.61 Å². The van der Waals surface area contributed by atoms with Crippen LogP contribution < -0.4 is 14.8 Å². The SMILES string of the molecule is CCCOc1ccc(-c2nc3sc(=Cc4ccc(C(C)(C)C)cc4)c(=O)n3n2)cc1. The summed E-state index contributed by atoms with van der Waals surface area (Å²) in [6.45, 7) is 9.32. The molecular formula is C24H25N3O2S. The van der Waals surface area contributed by atoms with E-state index in [0.29, 0.717) is 21.9 Å². The number of thiazole rings is 1. The van der Waals surface area contributed by atoms with Crippen molar-refractivity contribution in [3.63, 3.8) is 0 Å². The Balaban J connectivity index is 1.62. The molecule has 0 saturated heterocycles. The van der Waals surface area contributed by atoms with E-state index in [2.05, 4.69) is 49.9 Å². The van der Waals surface area contributed by atoms with Gasteiger partial charge in [0.05, 0.1) is 11.1 Å². The highest BCUT2D eigenvalue weighted by Crippen LogP contribution is 2.23. The summed E-state index contributed by atoms with van der Waals surface area (Å²) in [6.07, 6.45) is 2.86. The van der Waals surface area contributed by atoms with E-state index >= 15 is 0 Å². The molecular weight excluding hydrogens is 394 g/mol. The maximum atomic E-state index is 12.8. The molecule has 0 aliphatic heterocycles. The van der Waals surface area contributed by atoms with E-state index < -0.39 is 0 Å². The second-order valence-corrected chi connectivity index (χ2v) is 9.30. The van der Waals surface area contributed by atoms with Crippen LogP contribution in [0.25, 0.3) is 22.4 Å². The Morgan fingerprint density at radius 2 is 1.77 bits per heavy atom. The molecule has 30 heavy (non-hydrogen) atoms. The van der Waals surface area contributed by atoms with Gasteiger partial charge in [0.15, 0.2) is 5.82 Å². The second-order valence-electron chi connectivity index (χ2n) is 8.29. The molecule has 0 aliphatic carbocycles. The Labute approximate surface area is 179 Å². The molecule has 0 saturated carbocycles. The number of benzene rings is 2. The minimum atomic E-state index is -0.142. The average Bonchev–Trinajstić information content (AvgIpc) is 3.26. The molecule has 0 atom stereocenters. The van der Waals surface area contributed by atoms with Gasteiger partial charge < -0.3 is 4.74 Å². The quantitative estimate of drug-likeness (QED) is 0.479. The van der Waals surface area contributed by atoms with Gasteiger partial charge in [-0.15, -0.1) is 5.10 Å². The summed E-state index contributed by atoms with van der Waals surface area (Å²) in [5, 5.41) is 4.43. The summed E-state index contributed by atoms with van der Waals surface area (Å²) < 4.78 is 7.62. The van der Waals surface area contributed by atoms with Crippen LogP contribution >= 0.6 is 11.3 Å². The maximum absolute atomic E-state index is 12.8. The van der Waals surface area contributed by atoms with Gasteiger partial charge in [0.2, 0.25) is 4.96 Å². The Morgan fingerprint density at radius 3 is 2.37 bits per heavy atom. The zero-order valence-electron chi connectivity index (χ0n) is 17.7. The largest absolute Gasteiger partial charge is 0.494 e. The predicted molar refractivity (Wildman–Crippen MR) is 122 cm³/mol. The van der Waals surface area contributed by atoms with Crippen LogP contribution in [0.4, 0.5) is 0 Å². The highest BCUT2D eigenvalue weighted by molar-refractivity contribution is 7.15. The van der Waals surface area contributed by atoms with Crippen LogP contribution in [0.2, 0.25) is 0 Å².